The number of fused-ring (bicyclic) bond motifs is 1. The molecule has 1 aromatic heterocycles. The van der Waals surface area contributed by atoms with E-state index in [-0.39, 0.29) is 5.56 Å². The predicted molar refractivity (Wildman–Crippen MR) is 111 cm³/mol. The van der Waals surface area contributed by atoms with E-state index in [4.69, 9.17) is 5.73 Å². The Hall–Kier alpha value is -3.81. The highest BCUT2D eigenvalue weighted by molar-refractivity contribution is 5.99. The first kappa shape index (κ1) is 17.6. The Bertz CT molecular complexity index is 1220. The molecule has 0 spiro atoms. The topological polar surface area (TPSA) is 79.1 Å². The van der Waals surface area contributed by atoms with Gasteiger partial charge in [0, 0.05) is 34.9 Å². The monoisotopic (exact) mass is 366 g/mol. The van der Waals surface area contributed by atoms with Gasteiger partial charge in [-0.1, -0.05) is 42.2 Å². The van der Waals surface area contributed by atoms with Gasteiger partial charge in [-0.05, 0) is 52.9 Å². The molecule has 0 saturated carbocycles. The molecule has 0 aliphatic heterocycles. The second-order valence-corrected chi connectivity index (χ2v) is 6.46. The summed E-state index contributed by atoms with van der Waals surface area (Å²) in [5.74, 6) is 5.30. The Morgan fingerprint density at radius 1 is 1.00 bits per heavy atom. The first-order chi connectivity index (χ1) is 13.7. The Morgan fingerprint density at radius 2 is 1.82 bits per heavy atom. The minimum Gasteiger partial charge on any atom is -0.478 e. The highest BCUT2D eigenvalue weighted by Crippen LogP contribution is 2.30. The van der Waals surface area contributed by atoms with Gasteiger partial charge in [-0.2, -0.15) is 0 Å². The van der Waals surface area contributed by atoms with Gasteiger partial charge in [-0.15, -0.1) is 0 Å². The van der Waals surface area contributed by atoms with Gasteiger partial charge in [0.2, 0.25) is 0 Å². The van der Waals surface area contributed by atoms with Crippen LogP contribution in [0.15, 0.2) is 72.9 Å². The van der Waals surface area contributed by atoms with Crippen LogP contribution in [0.4, 0.5) is 0 Å². The molecule has 0 aliphatic rings. The second kappa shape index (κ2) is 7.43. The van der Waals surface area contributed by atoms with E-state index >= 15 is 0 Å². The van der Waals surface area contributed by atoms with Crippen molar-refractivity contribution in [3.63, 3.8) is 0 Å². The number of hydrogen-bond donors (Lipinski definition) is 3. The number of rotatable bonds is 3. The summed E-state index contributed by atoms with van der Waals surface area (Å²) in [6.45, 7) is 0.486. The third-order valence-corrected chi connectivity index (χ3v) is 4.67. The van der Waals surface area contributed by atoms with Crippen molar-refractivity contribution in [2.45, 2.75) is 6.54 Å². The van der Waals surface area contributed by atoms with Crippen LogP contribution in [0.2, 0.25) is 0 Å². The van der Waals surface area contributed by atoms with E-state index in [2.05, 4.69) is 16.8 Å². The maximum Gasteiger partial charge on any atom is 0.336 e. The number of aromatic nitrogens is 1. The van der Waals surface area contributed by atoms with E-state index in [1.54, 1.807) is 12.1 Å². The summed E-state index contributed by atoms with van der Waals surface area (Å²) in [6.07, 6.45) is 1.86. The predicted octanol–water partition coefficient (Wildman–Crippen LogP) is 4.39. The number of H-pyrrole nitrogens is 1. The molecule has 4 nitrogen and oxygen atoms in total. The van der Waals surface area contributed by atoms with Crippen LogP contribution in [-0.2, 0) is 6.54 Å². The Kier molecular flexibility index (Phi) is 4.67. The first-order valence-corrected chi connectivity index (χ1v) is 8.90. The number of carboxylic acid groups (broad SMARTS) is 1. The summed E-state index contributed by atoms with van der Waals surface area (Å²) in [5, 5.41) is 10.8. The zero-order valence-electron chi connectivity index (χ0n) is 15.1. The normalized spacial score (nSPS) is 10.5. The zero-order valence-corrected chi connectivity index (χ0v) is 15.1. The summed E-state index contributed by atoms with van der Waals surface area (Å²) in [4.78, 5) is 15.0. The van der Waals surface area contributed by atoms with E-state index in [1.807, 2.05) is 60.8 Å². The number of aromatic carboxylic acids is 1. The van der Waals surface area contributed by atoms with E-state index in [1.165, 1.54) is 0 Å². The van der Waals surface area contributed by atoms with Crippen molar-refractivity contribution in [1.82, 2.24) is 4.98 Å². The Labute approximate surface area is 162 Å². The van der Waals surface area contributed by atoms with Crippen LogP contribution < -0.4 is 5.73 Å². The summed E-state index contributed by atoms with van der Waals surface area (Å²) in [7, 11) is 0. The van der Waals surface area contributed by atoms with Gasteiger partial charge in [0.05, 0.1) is 5.56 Å². The number of aromatic amines is 1. The van der Waals surface area contributed by atoms with Gasteiger partial charge >= 0.3 is 5.97 Å². The number of nitrogens with one attached hydrogen (secondary N) is 1. The van der Waals surface area contributed by atoms with Crippen molar-refractivity contribution >= 4 is 16.9 Å². The maximum absolute atomic E-state index is 11.8. The molecule has 136 valence electrons. The molecule has 0 amide bonds. The third-order valence-electron chi connectivity index (χ3n) is 4.67. The minimum atomic E-state index is -0.975. The maximum atomic E-state index is 11.8. The summed E-state index contributed by atoms with van der Waals surface area (Å²) in [6, 6.07) is 20.7. The molecule has 4 rings (SSSR count). The number of carbonyl (C=O) groups is 1. The lowest BCUT2D eigenvalue weighted by atomic mass is 9.93. The fourth-order valence-electron chi connectivity index (χ4n) is 3.21. The van der Waals surface area contributed by atoms with E-state index < -0.39 is 5.97 Å². The fourth-order valence-corrected chi connectivity index (χ4v) is 3.21. The van der Waals surface area contributed by atoms with Crippen LogP contribution in [-0.4, -0.2) is 16.1 Å². The quantitative estimate of drug-likeness (QED) is 0.471. The molecule has 0 bridgehead atoms. The third kappa shape index (κ3) is 3.39. The van der Waals surface area contributed by atoms with Gasteiger partial charge in [0.1, 0.15) is 0 Å². The van der Waals surface area contributed by atoms with Crippen LogP contribution in [0.25, 0.3) is 22.0 Å². The molecular formula is C24H18N2O2. The number of hydrogen-bond acceptors (Lipinski definition) is 2. The molecule has 4 N–H and O–H groups in total. The molecule has 0 atom stereocenters. The van der Waals surface area contributed by atoms with Gasteiger partial charge in [0.15, 0.2) is 0 Å². The van der Waals surface area contributed by atoms with Crippen LogP contribution in [0.5, 0.6) is 0 Å². The van der Waals surface area contributed by atoms with E-state index in [0.717, 1.165) is 27.6 Å². The molecule has 28 heavy (non-hydrogen) atoms. The number of nitrogens with two attached hydrogens (primary N) is 1. The van der Waals surface area contributed by atoms with E-state index in [0.29, 0.717) is 17.7 Å². The Balaban J connectivity index is 1.84. The molecular weight excluding hydrogens is 348 g/mol. The Morgan fingerprint density at radius 3 is 2.57 bits per heavy atom. The summed E-state index contributed by atoms with van der Waals surface area (Å²) in [5.41, 5.74) is 10.8. The standard InChI is InChI=1S/C24H18N2O2/c25-15-17-6-4-16(5-7-17)8-9-19-2-1-3-21(24(27)28)23(19)20-11-10-18-12-13-26-22(18)14-20/h1-7,10-14,26H,15,25H2,(H,27,28). The van der Waals surface area contributed by atoms with Crippen LogP contribution >= 0.6 is 0 Å². The number of carboxylic acids is 1. The molecule has 0 unspecified atom stereocenters. The molecule has 4 aromatic rings. The second-order valence-electron chi connectivity index (χ2n) is 6.46. The highest BCUT2D eigenvalue weighted by Gasteiger charge is 2.15. The lowest BCUT2D eigenvalue weighted by Gasteiger charge is -2.10. The smallest absolute Gasteiger partial charge is 0.336 e. The van der Waals surface area contributed by atoms with Crippen LogP contribution in [0.1, 0.15) is 27.0 Å². The van der Waals surface area contributed by atoms with Crippen molar-refractivity contribution in [3.05, 3.63) is 95.2 Å². The lowest BCUT2D eigenvalue weighted by Crippen LogP contribution is -2.01. The molecule has 4 heteroatoms. The fraction of sp³-hybridized carbons (Fsp3) is 0.0417. The average molecular weight is 366 g/mol. The lowest BCUT2D eigenvalue weighted by molar-refractivity contribution is 0.0697. The van der Waals surface area contributed by atoms with Gasteiger partial charge in [0.25, 0.3) is 0 Å². The van der Waals surface area contributed by atoms with Crippen molar-refractivity contribution in [2.75, 3.05) is 0 Å². The van der Waals surface area contributed by atoms with Gasteiger partial charge < -0.3 is 15.8 Å². The SMILES string of the molecule is NCc1ccc(C#Cc2cccc(C(=O)O)c2-c2ccc3cc[nH]c3c2)cc1. The van der Waals surface area contributed by atoms with Crippen LogP contribution in [0.3, 0.4) is 0 Å². The molecule has 0 radical (unpaired) electrons. The molecule has 0 fully saturated rings. The van der Waals surface area contributed by atoms with Crippen molar-refractivity contribution in [2.24, 2.45) is 5.73 Å². The zero-order chi connectivity index (χ0) is 19.5. The summed E-state index contributed by atoms with van der Waals surface area (Å²) >= 11 is 0. The van der Waals surface area contributed by atoms with Crippen molar-refractivity contribution in [3.8, 4) is 23.0 Å². The summed E-state index contributed by atoms with van der Waals surface area (Å²) < 4.78 is 0. The molecule has 1 heterocycles. The minimum absolute atomic E-state index is 0.233. The van der Waals surface area contributed by atoms with Gasteiger partial charge in [-0.3, -0.25) is 0 Å². The number of benzene rings is 3. The highest BCUT2D eigenvalue weighted by atomic mass is 16.4. The molecule has 0 aliphatic carbocycles. The molecule has 0 saturated heterocycles. The first-order valence-electron chi connectivity index (χ1n) is 8.90. The van der Waals surface area contributed by atoms with Crippen LogP contribution in [0, 0.1) is 11.8 Å². The molecule has 3 aromatic carbocycles. The van der Waals surface area contributed by atoms with Crippen molar-refractivity contribution in [1.29, 1.82) is 0 Å². The van der Waals surface area contributed by atoms with E-state index in [9.17, 15) is 9.90 Å². The van der Waals surface area contributed by atoms with Crippen molar-refractivity contribution < 1.29 is 9.90 Å². The largest absolute Gasteiger partial charge is 0.478 e. The van der Waals surface area contributed by atoms with Gasteiger partial charge in [-0.25, -0.2) is 4.79 Å². The average Bonchev–Trinajstić information content (AvgIpc) is 3.20.